The van der Waals surface area contributed by atoms with Crippen LogP contribution in [0, 0.1) is 0 Å². The second kappa shape index (κ2) is 7.60. The molecule has 0 aromatic rings. The van der Waals surface area contributed by atoms with Crippen LogP contribution in [0.2, 0.25) is 0 Å². The summed E-state index contributed by atoms with van der Waals surface area (Å²) in [5, 5.41) is 11.7. The van der Waals surface area contributed by atoms with E-state index < -0.39 is 0 Å². The van der Waals surface area contributed by atoms with Gasteiger partial charge in [-0.2, -0.15) is 0 Å². The van der Waals surface area contributed by atoms with Gasteiger partial charge >= 0.3 is 0 Å². The van der Waals surface area contributed by atoms with E-state index in [1.54, 1.807) is 7.11 Å². The first-order chi connectivity index (χ1) is 7.39. The van der Waals surface area contributed by atoms with Crippen LogP contribution in [0.15, 0.2) is 0 Å². The zero-order chi connectivity index (χ0) is 12.6. The van der Waals surface area contributed by atoms with Crippen molar-refractivity contribution < 1.29 is 14.6 Å². The molecule has 0 radical (unpaired) electrons. The molecular weight excluding hydrogens is 208 g/mol. The molecule has 5 nitrogen and oxygen atoms in total. The lowest BCUT2D eigenvalue weighted by Crippen LogP contribution is -2.47. The molecule has 2 N–H and O–H groups in total. The zero-order valence-corrected chi connectivity index (χ0v) is 10.7. The molecule has 96 valence electrons. The van der Waals surface area contributed by atoms with Crippen LogP contribution in [-0.2, 0) is 9.53 Å². The van der Waals surface area contributed by atoms with E-state index in [0.29, 0.717) is 26.2 Å². The van der Waals surface area contributed by atoms with Gasteiger partial charge in [0.2, 0.25) is 5.91 Å². The third-order valence-corrected chi connectivity index (χ3v) is 1.91. The Hall–Kier alpha value is -0.650. The molecule has 5 heteroatoms. The normalized spacial score (nSPS) is 11.9. The zero-order valence-electron chi connectivity index (χ0n) is 10.7. The summed E-state index contributed by atoms with van der Waals surface area (Å²) in [4.78, 5) is 13.5. The molecule has 0 aliphatic heterocycles. The Balaban J connectivity index is 4.02. The Bertz CT molecular complexity index is 202. The minimum atomic E-state index is -0.219. The van der Waals surface area contributed by atoms with E-state index in [9.17, 15) is 4.79 Å². The SMILES string of the molecule is COCCN(CCO)CC(=O)NC(C)(C)C. The summed E-state index contributed by atoms with van der Waals surface area (Å²) in [5.41, 5.74) is -0.219. The molecule has 0 spiro atoms. The number of carbonyl (C=O) groups excluding carboxylic acids is 1. The quantitative estimate of drug-likeness (QED) is 0.640. The van der Waals surface area contributed by atoms with Crippen molar-refractivity contribution in [2.45, 2.75) is 26.3 Å². The fraction of sp³-hybridized carbons (Fsp3) is 0.909. The van der Waals surface area contributed by atoms with Gasteiger partial charge in [0, 0.05) is 25.7 Å². The lowest BCUT2D eigenvalue weighted by atomic mass is 10.1. The smallest absolute Gasteiger partial charge is 0.234 e. The van der Waals surface area contributed by atoms with Crippen molar-refractivity contribution in [1.82, 2.24) is 10.2 Å². The van der Waals surface area contributed by atoms with Gasteiger partial charge in [0.15, 0.2) is 0 Å². The van der Waals surface area contributed by atoms with Crippen molar-refractivity contribution >= 4 is 5.91 Å². The van der Waals surface area contributed by atoms with Crippen LogP contribution in [-0.4, -0.2) is 61.4 Å². The van der Waals surface area contributed by atoms with Crippen molar-refractivity contribution in [1.29, 1.82) is 0 Å². The molecule has 0 rings (SSSR count). The number of carbonyl (C=O) groups is 1. The summed E-state index contributed by atoms with van der Waals surface area (Å²) in [6, 6.07) is 0. The Labute approximate surface area is 97.8 Å². The highest BCUT2D eigenvalue weighted by Gasteiger charge is 2.16. The van der Waals surface area contributed by atoms with Crippen LogP contribution in [0.3, 0.4) is 0 Å². The third-order valence-electron chi connectivity index (χ3n) is 1.91. The summed E-state index contributed by atoms with van der Waals surface area (Å²) < 4.78 is 4.95. The van der Waals surface area contributed by atoms with Gasteiger partial charge in [-0.25, -0.2) is 0 Å². The van der Waals surface area contributed by atoms with Crippen molar-refractivity contribution in [3.8, 4) is 0 Å². The highest BCUT2D eigenvalue weighted by atomic mass is 16.5. The number of aliphatic hydroxyl groups excluding tert-OH is 1. The number of aliphatic hydroxyl groups is 1. The number of methoxy groups -OCH3 is 1. The van der Waals surface area contributed by atoms with E-state index in [-0.39, 0.29) is 18.1 Å². The third kappa shape index (κ3) is 8.64. The van der Waals surface area contributed by atoms with Crippen molar-refractivity contribution in [3.05, 3.63) is 0 Å². The Morgan fingerprint density at radius 1 is 1.38 bits per heavy atom. The standard InChI is InChI=1S/C11H24N2O3/c1-11(2,3)12-10(15)9-13(5-7-14)6-8-16-4/h14H,5-9H2,1-4H3,(H,12,15). The van der Waals surface area contributed by atoms with Crippen LogP contribution in [0.25, 0.3) is 0 Å². The first-order valence-electron chi connectivity index (χ1n) is 5.52. The van der Waals surface area contributed by atoms with Crippen LogP contribution < -0.4 is 5.32 Å². The van der Waals surface area contributed by atoms with Crippen molar-refractivity contribution in [2.24, 2.45) is 0 Å². The predicted octanol–water partition coefficient (Wildman–Crippen LogP) is -0.158. The molecule has 0 unspecified atom stereocenters. The minimum absolute atomic E-state index is 0.0305. The maximum absolute atomic E-state index is 11.6. The second-order valence-electron chi connectivity index (χ2n) is 4.79. The Kier molecular flexibility index (Phi) is 7.29. The average molecular weight is 232 g/mol. The van der Waals surface area contributed by atoms with Gasteiger partial charge in [0.25, 0.3) is 0 Å². The number of hydrogen-bond acceptors (Lipinski definition) is 4. The Morgan fingerprint density at radius 2 is 2.00 bits per heavy atom. The van der Waals surface area contributed by atoms with Gasteiger partial charge < -0.3 is 15.2 Å². The lowest BCUT2D eigenvalue weighted by Gasteiger charge is -2.25. The molecule has 0 aromatic carbocycles. The molecule has 0 atom stereocenters. The number of hydrogen-bond donors (Lipinski definition) is 2. The molecule has 0 fully saturated rings. The van der Waals surface area contributed by atoms with E-state index in [2.05, 4.69) is 5.32 Å². The molecular formula is C11H24N2O3. The van der Waals surface area contributed by atoms with Gasteiger partial charge in [0.1, 0.15) is 0 Å². The van der Waals surface area contributed by atoms with Crippen LogP contribution in [0.5, 0.6) is 0 Å². The molecule has 0 saturated carbocycles. The van der Waals surface area contributed by atoms with E-state index in [4.69, 9.17) is 9.84 Å². The monoisotopic (exact) mass is 232 g/mol. The molecule has 0 aliphatic rings. The molecule has 16 heavy (non-hydrogen) atoms. The molecule has 0 heterocycles. The summed E-state index contributed by atoms with van der Waals surface area (Å²) in [7, 11) is 1.62. The highest BCUT2D eigenvalue weighted by Crippen LogP contribution is 1.98. The van der Waals surface area contributed by atoms with Gasteiger partial charge in [-0.3, -0.25) is 9.69 Å². The molecule has 0 saturated heterocycles. The van der Waals surface area contributed by atoms with Gasteiger partial charge in [0.05, 0.1) is 19.8 Å². The lowest BCUT2D eigenvalue weighted by molar-refractivity contribution is -0.123. The van der Waals surface area contributed by atoms with Crippen LogP contribution in [0.4, 0.5) is 0 Å². The van der Waals surface area contributed by atoms with Crippen LogP contribution in [0.1, 0.15) is 20.8 Å². The predicted molar refractivity (Wildman–Crippen MR) is 63.3 cm³/mol. The number of amides is 1. The average Bonchev–Trinajstić information content (AvgIpc) is 2.11. The summed E-state index contributed by atoms with van der Waals surface area (Å²) in [6.45, 7) is 7.86. The highest BCUT2D eigenvalue weighted by molar-refractivity contribution is 5.78. The fourth-order valence-electron chi connectivity index (χ4n) is 1.29. The minimum Gasteiger partial charge on any atom is -0.395 e. The van der Waals surface area contributed by atoms with Gasteiger partial charge in [-0.1, -0.05) is 0 Å². The Morgan fingerprint density at radius 3 is 2.44 bits per heavy atom. The number of nitrogens with zero attached hydrogens (tertiary/aromatic N) is 1. The van der Waals surface area contributed by atoms with Crippen molar-refractivity contribution in [3.63, 3.8) is 0 Å². The maximum Gasteiger partial charge on any atom is 0.234 e. The van der Waals surface area contributed by atoms with E-state index in [0.717, 1.165) is 0 Å². The largest absolute Gasteiger partial charge is 0.395 e. The molecule has 0 aliphatic carbocycles. The number of nitrogens with one attached hydrogen (secondary N) is 1. The van der Waals surface area contributed by atoms with Gasteiger partial charge in [-0.05, 0) is 20.8 Å². The van der Waals surface area contributed by atoms with Gasteiger partial charge in [-0.15, -0.1) is 0 Å². The summed E-state index contributed by atoms with van der Waals surface area (Å²) in [5.74, 6) is -0.0305. The van der Waals surface area contributed by atoms with E-state index in [1.165, 1.54) is 0 Å². The number of ether oxygens (including phenoxy) is 1. The fourth-order valence-corrected chi connectivity index (χ4v) is 1.29. The van der Waals surface area contributed by atoms with Crippen molar-refractivity contribution in [2.75, 3.05) is 40.0 Å². The summed E-state index contributed by atoms with van der Waals surface area (Å²) >= 11 is 0. The molecule has 1 amide bonds. The second-order valence-corrected chi connectivity index (χ2v) is 4.79. The first kappa shape index (κ1) is 15.3. The van der Waals surface area contributed by atoms with Crippen LogP contribution >= 0.6 is 0 Å². The van der Waals surface area contributed by atoms with E-state index in [1.807, 2.05) is 25.7 Å². The molecule has 0 aromatic heterocycles. The maximum atomic E-state index is 11.6. The van der Waals surface area contributed by atoms with E-state index >= 15 is 0 Å². The number of rotatable bonds is 7. The molecule has 0 bridgehead atoms. The topological polar surface area (TPSA) is 61.8 Å². The summed E-state index contributed by atoms with van der Waals surface area (Å²) in [6.07, 6.45) is 0. The first-order valence-corrected chi connectivity index (χ1v) is 5.52.